The first-order valence-electron chi connectivity index (χ1n) is 11.7. The molecule has 1 atom stereocenters. The van der Waals surface area contributed by atoms with Crippen LogP contribution in [0.5, 0.6) is 0 Å². The molecule has 0 bridgehead atoms. The largest absolute Gasteiger partial charge is 0.463 e. The topological polar surface area (TPSA) is 46.5 Å². The van der Waals surface area contributed by atoms with Crippen LogP contribution >= 0.6 is 0 Å². The van der Waals surface area contributed by atoms with Crippen molar-refractivity contribution in [3.8, 4) is 0 Å². The molecule has 1 N–H and O–H groups in total. The summed E-state index contributed by atoms with van der Waals surface area (Å²) >= 11 is 0. The average molecular weight is 383 g/mol. The Kier molecular flexibility index (Phi) is 20.8. The third-order valence-electron chi connectivity index (χ3n) is 4.97. The average Bonchev–Trinajstić information content (AvgIpc) is 2.67. The van der Waals surface area contributed by atoms with Crippen LogP contribution in [0, 0.1) is 0 Å². The fraction of sp³-hybridized carbons (Fsp3) is 0.875. The van der Waals surface area contributed by atoms with E-state index in [1.54, 1.807) is 0 Å². The Morgan fingerprint density at radius 3 is 1.89 bits per heavy atom. The summed E-state index contributed by atoms with van der Waals surface area (Å²) in [7, 11) is 0. The highest BCUT2D eigenvalue weighted by Crippen LogP contribution is 2.10. The highest BCUT2D eigenvalue weighted by molar-refractivity contribution is 5.69. The maximum absolute atomic E-state index is 11.6. The number of unbranched alkanes of at least 4 members (excludes halogenated alkanes) is 12. The lowest BCUT2D eigenvalue weighted by molar-refractivity contribution is -0.146. The summed E-state index contributed by atoms with van der Waals surface area (Å²) in [5, 5.41) is 9.65. The van der Waals surface area contributed by atoms with Crippen molar-refractivity contribution in [1.82, 2.24) is 0 Å². The minimum absolute atomic E-state index is 0.157. The number of hydrogen-bond acceptors (Lipinski definition) is 3. The summed E-state index contributed by atoms with van der Waals surface area (Å²) in [6, 6.07) is 0. The van der Waals surface area contributed by atoms with E-state index >= 15 is 0 Å². The number of allylic oxidation sites excluding steroid dienone is 2. The van der Waals surface area contributed by atoms with Crippen molar-refractivity contribution in [1.29, 1.82) is 0 Å². The van der Waals surface area contributed by atoms with E-state index in [2.05, 4.69) is 26.0 Å². The summed E-state index contributed by atoms with van der Waals surface area (Å²) in [6.45, 7) is 4.51. The van der Waals surface area contributed by atoms with Crippen molar-refractivity contribution in [2.75, 3.05) is 6.61 Å². The van der Waals surface area contributed by atoms with E-state index in [0.29, 0.717) is 6.42 Å². The first kappa shape index (κ1) is 26.2. The van der Waals surface area contributed by atoms with E-state index in [1.165, 1.54) is 70.6 Å². The molecule has 0 radical (unpaired) electrons. The van der Waals surface area contributed by atoms with Gasteiger partial charge in [0.2, 0.25) is 0 Å². The summed E-state index contributed by atoms with van der Waals surface area (Å²) in [4.78, 5) is 11.6. The van der Waals surface area contributed by atoms with Gasteiger partial charge >= 0.3 is 5.97 Å². The third-order valence-corrected chi connectivity index (χ3v) is 4.97. The number of carbonyl (C=O) groups excluding carboxylic acids is 1. The Morgan fingerprint density at radius 2 is 1.30 bits per heavy atom. The summed E-state index contributed by atoms with van der Waals surface area (Å²) in [6.07, 6.45) is 23.8. The van der Waals surface area contributed by atoms with E-state index in [0.717, 1.165) is 32.1 Å². The van der Waals surface area contributed by atoms with Crippen LogP contribution in [0.25, 0.3) is 0 Å². The normalized spacial score (nSPS) is 12.6. The zero-order valence-corrected chi connectivity index (χ0v) is 18.2. The van der Waals surface area contributed by atoms with Crippen LogP contribution in [0.2, 0.25) is 0 Å². The molecule has 0 saturated carbocycles. The van der Waals surface area contributed by atoms with Crippen molar-refractivity contribution >= 4 is 5.97 Å². The quantitative estimate of drug-likeness (QED) is 0.138. The standard InChI is InChI=1S/C24H46O3/c1-3-5-7-8-9-10-11-12-13-14-15-16-17-18-19-21-24(26)27-22-23(25)20-6-4-2/h12-13,23,25H,3-11,14-22H2,1-2H3. The van der Waals surface area contributed by atoms with E-state index in [1.807, 2.05) is 0 Å². The lowest BCUT2D eigenvalue weighted by Gasteiger charge is -2.10. The molecule has 1 unspecified atom stereocenters. The summed E-state index contributed by atoms with van der Waals surface area (Å²) < 4.78 is 5.12. The van der Waals surface area contributed by atoms with Crippen molar-refractivity contribution in [3.63, 3.8) is 0 Å². The monoisotopic (exact) mass is 382 g/mol. The molecular weight excluding hydrogens is 336 g/mol. The summed E-state index contributed by atoms with van der Waals surface area (Å²) in [5.74, 6) is -0.164. The van der Waals surface area contributed by atoms with Gasteiger partial charge in [-0.05, 0) is 38.5 Å². The molecule has 0 fully saturated rings. The maximum Gasteiger partial charge on any atom is 0.305 e. The number of ether oxygens (including phenoxy) is 1. The van der Waals surface area contributed by atoms with Crippen LogP contribution in [-0.2, 0) is 9.53 Å². The molecule has 0 heterocycles. The second kappa shape index (κ2) is 21.5. The molecule has 0 aromatic heterocycles. The van der Waals surface area contributed by atoms with Crippen LogP contribution in [0.4, 0.5) is 0 Å². The molecule has 0 aromatic rings. The molecule has 3 heteroatoms. The number of aliphatic hydroxyl groups is 1. The Labute approximate surface area is 169 Å². The maximum atomic E-state index is 11.6. The smallest absolute Gasteiger partial charge is 0.305 e. The molecule has 0 saturated heterocycles. The number of hydrogen-bond donors (Lipinski definition) is 1. The lowest BCUT2D eigenvalue weighted by Crippen LogP contribution is -2.18. The zero-order valence-electron chi connectivity index (χ0n) is 18.2. The molecule has 0 aliphatic rings. The molecule has 0 aromatic carbocycles. The van der Waals surface area contributed by atoms with E-state index in [9.17, 15) is 9.90 Å². The molecule has 0 rings (SSSR count). The second-order valence-electron chi connectivity index (χ2n) is 7.81. The minimum atomic E-state index is -0.497. The summed E-state index contributed by atoms with van der Waals surface area (Å²) in [5.41, 5.74) is 0. The van der Waals surface area contributed by atoms with Crippen molar-refractivity contribution in [2.24, 2.45) is 0 Å². The van der Waals surface area contributed by atoms with Gasteiger partial charge in [0.05, 0.1) is 6.10 Å². The zero-order chi connectivity index (χ0) is 20.0. The van der Waals surface area contributed by atoms with E-state index in [-0.39, 0.29) is 12.6 Å². The molecule has 0 amide bonds. The number of carbonyl (C=O) groups is 1. The molecule has 0 aliphatic carbocycles. The Morgan fingerprint density at radius 1 is 0.778 bits per heavy atom. The Balaban J connectivity index is 3.27. The van der Waals surface area contributed by atoms with Gasteiger partial charge in [-0.15, -0.1) is 0 Å². The second-order valence-corrected chi connectivity index (χ2v) is 7.81. The van der Waals surface area contributed by atoms with Gasteiger partial charge in [-0.1, -0.05) is 90.2 Å². The van der Waals surface area contributed by atoms with Crippen molar-refractivity contribution in [2.45, 2.75) is 129 Å². The van der Waals surface area contributed by atoms with Gasteiger partial charge in [-0.3, -0.25) is 4.79 Å². The van der Waals surface area contributed by atoms with Crippen LogP contribution in [-0.4, -0.2) is 23.8 Å². The van der Waals surface area contributed by atoms with Gasteiger partial charge in [0.25, 0.3) is 0 Å². The number of aliphatic hydroxyl groups excluding tert-OH is 1. The fourth-order valence-electron chi connectivity index (χ4n) is 3.12. The van der Waals surface area contributed by atoms with Crippen LogP contribution in [0.3, 0.4) is 0 Å². The van der Waals surface area contributed by atoms with Gasteiger partial charge in [0.1, 0.15) is 6.61 Å². The van der Waals surface area contributed by atoms with Gasteiger partial charge < -0.3 is 9.84 Å². The van der Waals surface area contributed by atoms with Gasteiger partial charge in [-0.2, -0.15) is 0 Å². The molecule has 0 spiro atoms. The van der Waals surface area contributed by atoms with Crippen molar-refractivity contribution in [3.05, 3.63) is 12.2 Å². The molecule has 27 heavy (non-hydrogen) atoms. The predicted molar refractivity (Wildman–Crippen MR) is 116 cm³/mol. The van der Waals surface area contributed by atoms with Crippen LogP contribution < -0.4 is 0 Å². The highest BCUT2D eigenvalue weighted by Gasteiger charge is 2.08. The molecular formula is C24H46O3. The lowest BCUT2D eigenvalue weighted by atomic mass is 10.1. The molecule has 160 valence electrons. The first-order chi connectivity index (χ1) is 13.2. The van der Waals surface area contributed by atoms with E-state index < -0.39 is 6.10 Å². The highest BCUT2D eigenvalue weighted by atomic mass is 16.5. The molecule has 0 aliphatic heterocycles. The first-order valence-corrected chi connectivity index (χ1v) is 11.7. The SMILES string of the molecule is CCCCCCCCC=CCCCCCCCC(=O)OCC(O)CCCC. The van der Waals surface area contributed by atoms with Gasteiger partial charge in [0, 0.05) is 6.42 Å². The Hall–Kier alpha value is -0.830. The van der Waals surface area contributed by atoms with E-state index in [4.69, 9.17) is 4.74 Å². The number of rotatable bonds is 20. The predicted octanol–water partition coefficient (Wildman–Crippen LogP) is 7.12. The Bertz CT molecular complexity index is 339. The van der Waals surface area contributed by atoms with Crippen LogP contribution in [0.1, 0.15) is 123 Å². The van der Waals surface area contributed by atoms with Crippen LogP contribution in [0.15, 0.2) is 12.2 Å². The third kappa shape index (κ3) is 21.3. The fourth-order valence-corrected chi connectivity index (χ4v) is 3.12. The molecule has 3 nitrogen and oxygen atoms in total. The number of esters is 1. The van der Waals surface area contributed by atoms with Crippen molar-refractivity contribution < 1.29 is 14.6 Å². The van der Waals surface area contributed by atoms with Gasteiger partial charge in [-0.25, -0.2) is 0 Å². The minimum Gasteiger partial charge on any atom is -0.463 e. The van der Waals surface area contributed by atoms with Gasteiger partial charge in [0.15, 0.2) is 0 Å².